The van der Waals surface area contributed by atoms with Crippen LogP contribution in [0.15, 0.2) is 4.99 Å². The summed E-state index contributed by atoms with van der Waals surface area (Å²) in [6.07, 6.45) is 7.34. The second-order valence-electron chi connectivity index (χ2n) is 3.52. The molecule has 2 atom stereocenters. The smallest absolute Gasteiger partial charge is 0.245 e. The normalized spacial score (nSPS) is 34.9. The van der Waals surface area contributed by atoms with Crippen molar-refractivity contribution in [3.8, 4) is 0 Å². The van der Waals surface area contributed by atoms with E-state index in [2.05, 4.69) is 4.99 Å². The third-order valence-corrected chi connectivity index (χ3v) is 3.31. The van der Waals surface area contributed by atoms with Crippen LogP contribution in [0, 0.1) is 5.92 Å². The molecule has 1 fully saturated rings. The van der Waals surface area contributed by atoms with Crippen LogP contribution in [0.4, 0.5) is 0 Å². The predicted molar refractivity (Wildman–Crippen MR) is 52.6 cm³/mol. The van der Waals surface area contributed by atoms with Gasteiger partial charge in [-0.3, -0.25) is 0 Å². The van der Waals surface area contributed by atoms with E-state index in [-0.39, 0.29) is 0 Å². The van der Waals surface area contributed by atoms with E-state index in [0.717, 1.165) is 17.8 Å². The SMILES string of the molecule is CSC1=N[C@H]2CCCC[C@@H]2CO1. The largest absolute Gasteiger partial charge is 0.473 e. The number of thioether (sulfide) groups is 1. The van der Waals surface area contributed by atoms with Gasteiger partial charge in [0, 0.05) is 5.92 Å². The van der Waals surface area contributed by atoms with Crippen LogP contribution < -0.4 is 0 Å². The quantitative estimate of drug-likeness (QED) is 0.577. The second-order valence-corrected chi connectivity index (χ2v) is 4.28. The number of hydrogen-bond donors (Lipinski definition) is 0. The standard InChI is InChI=1S/C9H15NOS/c1-12-9-10-8-5-3-2-4-7(8)6-11-9/h7-8H,2-6H2,1H3/t7-,8+/m1/s1. The van der Waals surface area contributed by atoms with Gasteiger partial charge in [-0.2, -0.15) is 0 Å². The van der Waals surface area contributed by atoms with Crippen LogP contribution >= 0.6 is 11.8 Å². The first kappa shape index (κ1) is 8.42. The van der Waals surface area contributed by atoms with Gasteiger partial charge in [0.25, 0.3) is 0 Å². The molecule has 0 spiro atoms. The van der Waals surface area contributed by atoms with Crippen LogP contribution in [-0.4, -0.2) is 24.1 Å². The van der Waals surface area contributed by atoms with Crippen molar-refractivity contribution in [3.63, 3.8) is 0 Å². The van der Waals surface area contributed by atoms with Gasteiger partial charge in [0.2, 0.25) is 5.23 Å². The van der Waals surface area contributed by atoms with Crippen molar-refractivity contribution in [3.05, 3.63) is 0 Å². The molecule has 0 aromatic carbocycles. The Bertz CT molecular complexity index is 193. The maximum Gasteiger partial charge on any atom is 0.245 e. The Labute approximate surface area is 77.8 Å². The van der Waals surface area contributed by atoms with E-state index in [1.54, 1.807) is 11.8 Å². The third kappa shape index (κ3) is 1.60. The number of hydrogen-bond acceptors (Lipinski definition) is 3. The first-order chi connectivity index (χ1) is 5.90. The minimum absolute atomic E-state index is 0.579. The molecule has 0 unspecified atom stereocenters. The molecule has 12 heavy (non-hydrogen) atoms. The third-order valence-electron chi connectivity index (χ3n) is 2.74. The van der Waals surface area contributed by atoms with Gasteiger partial charge >= 0.3 is 0 Å². The summed E-state index contributed by atoms with van der Waals surface area (Å²) >= 11 is 1.63. The summed E-state index contributed by atoms with van der Waals surface area (Å²) in [6.45, 7) is 0.907. The molecule has 1 aliphatic heterocycles. The lowest BCUT2D eigenvalue weighted by Gasteiger charge is -2.32. The van der Waals surface area contributed by atoms with Crippen molar-refractivity contribution >= 4 is 17.0 Å². The van der Waals surface area contributed by atoms with Crippen molar-refractivity contribution in [1.82, 2.24) is 0 Å². The van der Waals surface area contributed by atoms with Gasteiger partial charge in [0.15, 0.2) is 0 Å². The molecule has 0 radical (unpaired) electrons. The minimum Gasteiger partial charge on any atom is -0.473 e. The van der Waals surface area contributed by atoms with E-state index in [9.17, 15) is 0 Å². The molecule has 0 aromatic heterocycles. The summed E-state index contributed by atoms with van der Waals surface area (Å²) in [7, 11) is 0. The van der Waals surface area contributed by atoms with Gasteiger partial charge < -0.3 is 4.74 Å². The van der Waals surface area contributed by atoms with Crippen molar-refractivity contribution in [1.29, 1.82) is 0 Å². The molecule has 0 amide bonds. The molecule has 0 saturated heterocycles. The molecule has 2 aliphatic rings. The lowest BCUT2D eigenvalue weighted by molar-refractivity contribution is 0.160. The first-order valence-corrected chi connectivity index (χ1v) is 5.87. The summed E-state index contributed by atoms with van der Waals surface area (Å²) in [5, 5.41) is 0.901. The van der Waals surface area contributed by atoms with Crippen molar-refractivity contribution in [2.75, 3.05) is 12.9 Å². The summed E-state index contributed by atoms with van der Waals surface area (Å²) in [6, 6.07) is 0.579. The van der Waals surface area contributed by atoms with Crippen LogP contribution in [0.2, 0.25) is 0 Å². The number of fused-ring (bicyclic) bond motifs is 1. The number of nitrogens with zero attached hydrogens (tertiary/aromatic N) is 1. The fraction of sp³-hybridized carbons (Fsp3) is 0.889. The van der Waals surface area contributed by atoms with Crippen molar-refractivity contribution in [2.45, 2.75) is 31.7 Å². The molecule has 1 heterocycles. The van der Waals surface area contributed by atoms with Gasteiger partial charge in [-0.1, -0.05) is 24.6 Å². The van der Waals surface area contributed by atoms with Crippen LogP contribution in [0.1, 0.15) is 25.7 Å². The van der Waals surface area contributed by atoms with Crippen LogP contribution in [-0.2, 0) is 4.74 Å². The fourth-order valence-corrected chi connectivity index (χ4v) is 2.44. The zero-order chi connectivity index (χ0) is 8.39. The van der Waals surface area contributed by atoms with Gasteiger partial charge in [-0.15, -0.1) is 0 Å². The fourth-order valence-electron chi connectivity index (χ4n) is 2.02. The minimum atomic E-state index is 0.579. The topological polar surface area (TPSA) is 21.6 Å². The van der Waals surface area contributed by atoms with Gasteiger partial charge in [0.1, 0.15) is 0 Å². The van der Waals surface area contributed by atoms with Crippen LogP contribution in [0.5, 0.6) is 0 Å². The summed E-state index contributed by atoms with van der Waals surface area (Å²) in [4.78, 5) is 4.58. The first-order valence-electron chi connectivity index (χ1n) is 4.65. The summed E-state index contributed by atoms with van der Waals surface area (Å²) in [5.74, 6) is 0.717. The average molecular weight is 185 g/mol. The highest BCUT2D eigenvalue weighted by molar-refractivity contribution is 8.12. The van der Waals surface area contributed by atoms with Gasteiger partial charge in [-0.05, 0) is 19.1 Å². The Morgan fingerprint density at radius 2 is 2.25 bits per heavy atom. The molecule has 3 heteroatoms. The molecule has 0 aromatic rings. The summed E-state index contributed by atoms with van der Waals surface area (Å²) in [5.41, 5.74) is 0. The van der Waals surface area contributed by atoms with Crippen LogP contribution in [0.25, 0.3) is 0 Å². The Morgan fingerprint density at radius 1 is 1.42 bits per heavy atom. The molecule has 0 bridgehead atoms. The lowest BCUT2D eigenvalue weighted by atomic mass is 9.85. The van der Waals surface area contributed by atoms with Gasteiger partial charge in [0.05, 0.1) is 12.6 Å². The zero-order valence-electron chi connectivity index (χ0n) is 7.45. The molecular weight excluding hydrogens is 170 g/mol. The van der Waals surface area contributed by atoms with E-state index < -0.39 is 0 Å². The second kappa shape index (κ2) is 3.69. The predicted octanol–water partition coefficient (Wildman–Crippen LogP) is 2.29. The number of ether oxygens (including phenoxy) is 1. The van der Waals surface area contributed by atoms with E-state index in [4.69, 9.17) is 4.74 Å². The number of aliphatic imine (C=N–C) groups is 1. The maximum absolute atomic E-state index is 5.51. The van der Waals surface area contributed by atoms with E-state index in [1.807, 2.05) is 6.26 Å². The maximum atomic E-state index is 5.51. The van der Waals surface area contributed by atoms with Gasteiger partial charge in [-0.25, -0.2) is 4.99 Å². The van der Waals surface area contributed by atoms with Crippen LogP contribution in [0.3, 0.4) is 0 Å². The Morgan fingerprint density at radius 3 is 3.08 bits per heavy atom. The average Bonchev–Trinajstić information content (AvgIpc) is 2.17. The highest BCUT2D eigenvalue weighted by Gasteiger charge is 2.29. The number of rotatable bonds is 0. The molecule has 2 nitrogen and oxygen atoms in total. The molecule has 1 saturated carbocycles. The Balaban J connectivity index is 2.04. The molecule has 1 aliphatic carbocycles. The molecule has 2 rings (SSSR count). The highest BCUT2D eigenvalue weighted by atomic mass is 32.2. The Hall–Kier alpha value is -0.180. The molecular formula is C9H15NOS. The zero-order valence-corrected chi connectivity index (χ0v) is 8.27. The Kier molecular flexibility index (Phi) is 2.59. The lowest BCUT2D eigenvalue weighted by Crippen LogP contribution is -2.32. The molecule has 68 valence electrons. The summed E-state index contributed by atoms with van der Waals surface area (Å²) < 4.78 is 5.51. The monoisotopic (exact) mass is 185 g/mol. The van der Waals surface area contributed by atoms with E-state index in [1.165, 1.54) is 25.7 Å². The van der Waals surface area contributed by atoms with Crippen molar-refractivity contribution < 1.29 is 4.74 Å². The molecule has 0 N–H and O–H groups in total. The van der Waals surface area contributed by atoms with E-state index >= 15 is 0 Å². The van der Waals surface area contributed by atoms with E-state index in [0.29, 0.717) is 6.04 Å². The highest BCUT2D eigenvalue weighted by Crippen LogP contribution is 2.30. The van der Waals surface area contributed by atoms with Crippen molar-refractivity contribution in [2.24, 2.45) is 10.9 Å².